The molecule has 0 aromatic rings. The fourth-order valence-electron chi connectivity index (χ4n) is 1.40. The van der Waals surface area contributed by atoms with Gasteiger partial charge in [-0.25, -0.2) is 0 Å². The summed E-state index contributed by atoms with van der Waals surface area (Å²) < 4.78 is 0. The predicted octanol–water partition coefficient (Wildman–Crippen LogP) is 3.92. The molecule has 1 aliphatic rings. The molecule has 0 radical (unpaired) electrons. The Kier molecular flexibility index (Phi) is 2.40. The summed E-state index contributed by atoms with van der Waals surface area (Å²) >= 11 is 6.52. The van der Waals surface area contributed by atoms with Gasteiger partial charge in [-0.3, -0.25) is 0 Å². The number of alkyl halides is 1. The van der Waals surface area contributed by atoms with E-state index in [9.17, 15) is 0 Å². The van der Waals surface area contributed by atoms with Gasteiger partial charge in [-0.1, -0.05) is 44.6 Å². The van der Waals surface area contributed by atoms with Crippen LogP contribution in [0.2, 0.25) is 0 Å². The van der Waals surface area contributed by atoms with Gasteiger partial charge in [0.15, 0.2) is 0 Å². The monoisotopic (exact) mass is 184 g/mol. The van der Waals surface area contributed by atoms with Gasteiger partial charge < -0.3 is 0 Å². The minimum Gasteiger partial charge on any atom is -0.114 e. The third-order valence-electron chi connectivity index (χ3n) is 2.52. The van der Waals surface area contributed by atoms with Crippen molar-refractivity contribution in [2.45, 2.75) is 39.0 Å². The summed E-state index contributed by atoms with van der Waals surface area (Å²) in [6, 6.07) is 0. The van der Waals surface area contributed by atoms with Gasteiger partial charge in [0.2, 0.25) is 0 Å². The van der Waals surface area contributed by atoms with Crippen molar-refractivity contribution in [2.75, 3.05) is 0 Å². The van der Waals surface area contributed by atoms with Crippen LogP contribution in [0.3, 0.4) is 0 Å². The van der Waals surface area contributed by atoms with E-state index in [1.54, 1.807) is 0 Å². The summed E-state index contributed by atoms with van der Waals surface area (Å²) in [7, 11) is 0. The molecule has 0 saturated heterocycles. The van der Waals surface area contributed by atoms with E-state index in [2.05, 4.69) is 45.9 Å². The smallest absolute Gasteiger partial charge is 0.0714 e. The minimum atomic E-state index is -0.189. The highest BCUT2D eigenvalue weighted by atomic mass is 35.5. The molecule has 0 aliphatic heterocycles. The Hall–Kier alpha value is -0.230. The maximum absolute atomic E-state index is 6.52. The van der Waals surface area contributed by atoms with Gasteiger partial charge in [-0.2, -0.15) is 0 Å². The van der Waals surface area contributed by atoms with E-state index >= 15 is 0 Å². The largest absolute Gasteiger partial charge is 0.114 e. The van der Waals surface area contributed by atoms with Crippen molar-refractivity contribution >= 4 is 11.6 Å². The SMILES string of the molecule is CC1=CC=CC(Cl)(C(C)(C)C)C1. The summed E-state index contributed by atoms with van der Waals surface area (Å²) in [5, 5.41) is 0. The first kappa shape index (κ1) is 9.85. The summed E-state index contributed by atoms with van der Waals surface area (Å²) in [5.41, 5.74) is 1.49. The average Bonchev–Trinajstić information content (AvgIpc) is 1.83. The molecule has 0 aromatic heterocycles. The van der Waals surface area contributed by atoms with Crippen LogP contribution in [-0.4, -0.2) is 4.87 Å². The number of halogens is 1. The van der Waals surface area contributed by atoms with Gasteiger partial charge >= 0.3 is 0 Å². The predicted molar refractivity (Wildman–Crippen MR) is 55.6 cm³/mol. The van der Waals surface area contributed by atoms with Crippen LogP contribution in [0.4, 0.5) is 0 Å². The number of allylic oxidation sites excluding steroid dienone is 4. The van der Waals surface area contributed by atoms with Crippen LogP contribution < -0.4 is 0 Å². The molecule has 0 nitrogen and oxygen atoms in total. The van der Waals surface area contributed by atoms with Crippen molar-refractivity contribution in [3.05, 3.63) is 23.8 Å². The topological polar surface area (TPSA) is 0 Å². The molecule has 0 N–H and O–H groups in total. The lowest BCUT2D eigenvalue weighted by Crippen LogP contribution is -2.36. The zero-order valence-corrected chi connectivity index (χ0v) is 9.07. The van der Waals surface area contributed by atoms with E-state index in [-0.39, 0.29) is 10.3 Å². The first-order valence-electron chi connectivity index (χ1n) is 4.39. The lowest BCUT2D eigenvalue weighted by Gasteiger charge is -2.39. The Morgan fingerprint density at radius 3 is 2.33 bits per heavy atom. The van der Waals surface area contributed by atoms with E-state index in [0.29, 0.717) is 0 Å². The van der Waals surface area contributed by atoms with E-state index in [1.807, 2.05) is 0 Å². The Morgan fingerprint density at radius 2 is 2.00 bits per heavy atom. The highest BCUT2D eigenvalue weighted by Crippen LogP contribution is 2.43. The quantitative estimate of drug-likeness (QED) is 0.501. The number of rotatable bonds is 0. The third-order valence-corrected chi connectivity index (χ3v) is 3.35. The molecular weight excluding hydrogens is 168 g/mol. The highest BCUT2D eigenvalue weighted by Gasteiger charge is 2.38. The molecule has 1 aliphatic carbocycles. The van der Waals surface area contributed by atoms with Gasteiger partial charge in [0.25, 0.3) is 0 Å². The maximum Gasteiger partial charge on any atom is 0.0714 e. The zero-order chi connectivity index (χ0) is 9.41. The average molecular weight is 185 g/mol. The second-order valence-corrected chi connectivity index (χ2v) is 5.34. The van der Waals surface area contributed by atoms with Gasteiger partial charge in [0, 0.05) is 0 Å². The molecule has 1 heteroatoms. The van der Waals surface area contributed by atoms with Gasteiger partial charge in [-0.15, -0.1) is 11.6 Å². The summed E-state index contributed by atoms with van der Waals surface area (Å²) in [4.78, 5) is -0.189. The molecule has 0 fully saturated rings. The fourth-order valence-corrected chi connectivity index (χ4v) is 1.69. The van der Waals surface area contributed by atoms with Crippen LogP contribution in [0.25, 0.3) is 0 Å². The molecule has 1 rings (SSSR count). The molecule has 0 bridgehead atoms. The first-order chi connectivity index (χ1) is 5.35. The first-order valence-corrected chi connectivity index (χ1v) is 4.77. The van der Waals surface area contributed by atoms with E-state index in [4.69, 9.17) is 11.6 Å². The van der Waals surface area contributed by atoms with Crippen molar-refractivity contribution in [1.29, 1.82) is 0 Å². The Labute approximate surface area is 80.3 Å². The van der Waals surface area contributed by atoms with Crippen LogP contribution in [0.15, 0.2) is 23.8 Å². The molecule has 1 atom stereocenters. The van der Waals surface area contributed by atoms with Crippen molar-refractivity contribution in [1.82, 2.24) is 0 Å². The second-order valence-electron chi connectivity index (χ2n) is 4.66. The van der Waals surface area contributed by atoms with Gasteiger partial charge in [-0.05, 0) is 18.8 Å². The van der Waals surface area contributed by atoms with E-state index in [0.717, 1.165) is 6.42 Å². The molecule has 0 heterocycles. The molecule has 12 heavy (non-hydrogen) atoms. The van der Waals surface area contributed by atoms with Crippen LogP contribution in [0.1, 0.15) is 34.1 Å². The van der Waals surface area contributed by atoms with Crippen molar-refractivity contribution < 1.29 is 0 Å². The molecule has 68 valence electrons. The van der Waals surface area contributed by atoms with Crippen LogP contribution in [-0.2, 0) is 0 Å². The number of hydrogen-bond acceptors (Lipinski definition) is 0. The lowest BCUT2D eigenvalue weighted by molar-refractivity contribution is 0.317. The Bertz CT molecular complexity index is 230. The zero-order valence-electron chi connectivity index (χ0n) is 8.32. The molecule has 0 spiro atoms. The molecule has 0 saturated carbocycles. The summed E-state index contributed by atoms with van der Waals surface area (Å²) in [5.74, 6) is 0. The number of hydrogen-bond donors (Lipinski definition) is 0. The van der Waals surface area contributed by atoms with Crippen molar-refractivity contribution in [3.8, 4) is 0 Å². The highest BCUT2D eigenvalue weighted by molar-refractivity contribution is 6.26. The van der Waals surface area contributed by atoms with Gasteiger partial charge in [0.1, 0.15) is 0 Å². The van der Waals surface area contributed by atoms with Crippen LogP contribution >= 0.6 is 11.6 Å². The molecule has 0 amide bonds. The van der Waals surface area contributed by atoms with E-state index in [1.165, 1.54) is 5.57 Å². The van der Waals surface area contributed by atoms with Crippen molar-refractivity contribution in [3.63, 3.8) is 0 Å². The second kappa shape index (κ2) is 2.92. The lowest BCUT2D eigenvalue weighted by atomic mass is 9.74. The Morgan fingerprint density at radius 1 is 1.42 bits per heavy atom. The Balaban J connectivity index is 2.90. The van der Waals surface area contributed by atoms with Crippen LogP contribution in [0.5, 0.6) is 0 Å². The molecule has 1 unspecified atom stereocenters. The normalized spacial score (nSPS) is 30.2. The standard InChI is InChI=1S/C11H17Cl/c1-9-6-5-7-11(12,8-9)10(2,3)4/h5-7H,8H2,1-4H3. The minimum absolute atomic E-state index is 0.126. The van der Waals surface area contributed by atoms with E-state index < -0.39 is 0 Å². The van der Waals surface area contributed by atoms with Gasteiger partial charge in [0.05, 0.1) is 4.87 Å². The fraction of sp³-hybridized carbons (Fsp3) is 0.636. The summed E-state index contributed by atoms with van der Waals surface area (Å²) in [6.07, 6.45) is 7.28. The maximum atomic E-state index is 6.52. The molecule has 0 aromatic carbocycles. The van der Waals surface area contributed by atoms with Crippen LogP contribution in [0, 0.1) is 5.41 Å². The van der Waals surface area contributed by atoms with Crippen molar-refractivity contribution in [2.24, 2.45) is 5.41 Å². The summed E-state index contributed by atoms with van der Waals surface area (Å²) in [6.45, 7) is 8.68. The molecular formula is C11H17Cl. The third kappa shape index (κ3) is 1.74.